The lowest BCUT2D eigenvalue weighted by Crippen LogP contribution is -2.13. The van der Waals surface area contributed by atoms with Gasteiger partial charge in [-0.25, -0.2) is 0 Å². The average molecular weight is 331 g/mol. The van der Waals surface area contributed by atoms with Gasteiger partial charge in [0.1, 0.15) is 11.5 Å². The zero-order valence-corrected chi connectivity index (χ0v) is 12.9. The van der Waals surface area contributed by atoms with Crippen LogP contribution in [0.4, 0.5) is 0 Å². The molecule has 2 rings (SSSR count). The van der Waals surface area contributed by atoms with E-state index in [4.69, 9.17) is 10.00 Å². The number of ether oxygens (including phenoxy) is 1. The van der Waals surface area contributed by atoms with Crippen LogP contribution in [0.5, 0.6) is 11.5 Å². The number of halogens is 1. The summed E-state index contributed by atoms with van der Waals surface area (Å²) >= 11 is 3.48. The van der Waals surface area contributed by atoms with E-state index in [1.165, 1.54) is 0 Å². The molecule has 0 heterocycles. The van der Waals surface area contributed by atoms with Crippen molar-refractivity contribution in [2.45, 2.75) is 13.0 Å². The average Bonchev–Trinajstić information content (AvgIpc) is 2.48. The van der Waals surface area contributed by atoms with Crippen LogP contribution in [-0.4, -0.2) is 7.05 Å². The van der Waals surface area contributed by atoms with Crippen molar-refractivity contribution in [2.75, 3.05) is 7.05 Å². The van der Waals surface area contributed by atoms with Gasteiger partial charge in [0.2, 0.25) is 0 Å². The Morgan fingerprint density at radius 2 is 2.05 bits per heavy atom. The molecule has 0 radical (unpaired) electrons. The third-order valence-corrected chi connectivity index (χ3v) is 3.56. The molecule has 1 N–H and O–H groups in total. The smallest absolute Gasteiger partial charge is 0.132 e. The molecule has 1 atom stereocenters. The Morgan fingerprint density at radius 1 is 1.25 bits per heavy atom. The molecule has 0 aromatic heterocycles. The van der Waals surface area contributed by atoms with Gasteiger partial charge in [0.15, 0.2) is 0 Å². The van der Waals surface area contributed by atoms with Gasteiger partial charge in [0, 0.05) is 16.1 Å². The quantitative estimate of drug-likeness (QED) is 0.903. The van der Waals surface area contributed by atoms with E-state index in [0.29, 0.717) is 11.3 Å². The van der Waals surface area contributed by atoms with Gasteiger partial charge in [-0.2, -0.15) is 5.26 Å². The van der Waals surface area contributed by atoms with E-state index < -0.39 is 0 Å². The largest absolute Gasteiger partial charge is 0.457 e. The van der Waals surface area contributed by atoms with Crippen molar-refractivity contribution in [1.82, 2.24) is 5.32 Å². The Labute approximate surface area is 127 Å². The van der Waals surface area contributed by atoms with Gasteiger partial charge in [0.05, 0.1) is 11.6 Å². The van der Waals surface area contributed by atoms with Crippen molar-refractivity contribution in [3.63, 3.8) is 0 Å². The summed E-state index contributed by atoms with van der Waals surface area (Å²) in [6, 6.07) is 15.3. The highest BCUT2D eigenvalue weighted by molar-refractivity contribution is 9.10. The topological polar surface area (TPSA) is 45.0 Å². The molecule has 102 valence electrons. The minimum Gasteiger partial charge on any atom is -0.457 e. The van der Waals surface area contributed by atoms with Crippen LogP contribution in [0, 0.1) is 11.3 Å². The maximum absolute atomic E-state index is 8.92. The maximum atomic E-state index is 8.92. The number of benzene rings is 2. The van der Waals surface area contributed by atoms with E-state index in [9.17, 15) is 0 Å². The molecule has 0 aliphatic rings. The van der Waals surface area contributed by atoms with Crippen molar-refractivity contribution < 1.29 is 4.74 Å². The highest BCUT2D eigenvalue weighted by atomic mass is 79.9. The number of nitrogens with one attached hydrogen (secondary N) is 1. The Balaban J connectivity index is 2.35. The fraction of sp³-hybridized carbons (Fsp3) is 0.188. The summed E-state index contributed by atoms with van der Waals surface area (Å²) in [6.07, 6.45) is 0. The predicted molar refractivity (Wildman–Crippen MR) is 82.8 cm³/mol. The number of hydrogen-bond donors (Lipinski definition) is 1. The second-order valence-electron chi connectivity index (χ2n) is 4.43. The SMILES string of the molecule is CNC(C)c1cc(Br)ccc1Oc1cccc(C#N)c1. The Kier molecular flexibility index (Phi) is 4.78. The van der Waals surface area contributed by atoms with E-state index in [1.807, 2.05) is 37.4 Å². The molecule has 3 nitrogen and oxygen atoms in total. The van der Waals surface area contributed by atoms with Gasteiger partial charge in [-0.15, -0.1) is 0 Å². The first-order valence-corrected chi connectivity index (χ1v) is 7.08. The zero-order chi connectivity index (χ0) is 14.5. The monoisotopic (exact) mass is 330 g/mol. The summed E-state index contributed by atoms with van der Waals surface area (Å²) in [5.41, 5.74) is 1.65. The second-order valence-corrected chi connectivity index (χ2v) is 5.35. The van der Waals surface area contributed by atoms with Crippen LogP contribution < -0.4 is 10.1 Å². The maximum Gasteiger partial charge on any atom is 0.132 e. The van der Waals surface area contributed by atoms with Crippen molar-refractivity contribution >= 4 is 15.9 Å². The second kappa shape index (κ2) is 6.56. The minimum absolute atomic E-state index is 0.168. The van der Waals surface area contributed by atoms with Crippen LogP contribution in [0.25, 0.3) is 0 Å². The first kappa shape index (κ1) is 14.6. The van der Waals surface area contributed by atoms with Crippen molar-refractivity contribution in [3.8, 4) is 17.6 Å². The van der Waals surface area contributed by atoms with E-state index >= 15 is 0 Å². The lowest BCUT2D eigenvalue weighted by Gasteiger charge is -2.17. The fourth-order valence-corrected chi connectivity index (χ4v) is 2.24. The third kappa shape index (κ3) is 3.38. The Morgan fingerprint density at radius 3 is 2.75 bits per heavy atom. The van der Waals surface area contributed by atoms with Crippen LogP contribution in [0.1, 0.15) is 24.1 Å². The van der Waals surface area contributed by atoms with Crippen molar-refractivity contribution in [2.24, 2.45) is 0 Å². The molecule has 2 aromatic carbocycles. The highest BCUT2D eigenvalue weighted by Gasteiger charge is 2.11. The highest BCUT2D eigenvalue weighted by Crippen LogP contribution is 2.32. The molecule has 1 unspecified atom stereocenters. The number of nitriles is 1. The number of hydrogen-bond acceptors (Lipinski definition) is 3. The summed E-state index contributed by atoms with van der Waals surface area (Å²) < 4.78 is 6.93. The molecule has 0 aliphatic carbocycles. The molecular weight excluding hydrogens is 316 g/mol. The number of nitrogens with zero attached hydrogens (tertiary/aromatic N) is 1. The van der Waals surface area contributed by atoms with Gasteiger partial charge in [-0.05, 0) is 50.4 Å². The first-order valence-electron chi connectivity index (χ1n) is 6.28. The molecule has 0 amide bonds. The standard InChI is InChI=1S/C16H15BrN2O/c1-11(19-2)15-9-13(17)6-7-16(15)20-14-5-3-4-12(8-14)10-18/h3-9,11,19H,1-2H3. The van der Waals surface area contributed by atoms with Gasteiger partial charge in [-0.1, -0.05) is 22.0 Å². The first-order chi connectivity index (χ1) is 9.63. The summed E-state index contributed by atoms with van der Waals surface area (Å²) in [5, 5.41) is 12.1. The van der Waals surface area contributed by atoms with Crippen LogP contribution >= 0.6 is 15.9 Å². The van der Waals surface area contributed by atoms with Crippen LogP contribution in [0.15, 0.2) is 46.9 Å². The molecule has 0 fully saturated rings. The van der Waals surface area contributed by atoms with Crippen molar-refractivity contribution in [3.05, 3.63) is 58.1 Å². The summed E-state index contributed by atoms with van der Waals surface area (Å²) in [5.74, 6) is 1.45. The predicted octanol–water partition coefficient (Wildman–Crippen LogP) is 4.39. The van der Waals surface area contributed by atoms with E-state index in [0.717, 1.165) is 15.8 Å². The van der Waals surface area contributed by atoms with Gasteiger partial charge in [0.25, 0.3) is 0 Å². The molecule has 0 saturated carbocycles. The molecule has 2 aromatic rings. The Hall–Kier alpha value is -1.83. The van der Waals surface area contributed by atoms with Crippen LogP contribution in [0.2, 0.25) is 0 Å². The van der Waals surface area contributed by atoms with E-state index in [-0.39, 0.29) is 6.04 Å². The normalized spacial score (nSPS) is 11.7. The van der Waals surface area contributed by atoms with Crippen LogP contribution in [0.3, 0.4) is 0 Å². The lowest BCUT2D eigenvalue weighted by atomic mass is 10.1. The van der Waals surface area contributed by atoms with E-state index in [2.05, 4.69) is 34.2 Å². The molecule has 0 spiro atoms. The summed E-state index contributed by atoms with van der Waals surface area (Å²) in [4.78, 5) is 0. The van der Waals surface area contributed by atoms with Gasteiger partial charge >= 0.3 is 0 Å². The molecule has 0 aliphatic heterocycles. The number of rotatable bonds is 4. The van der Waals surface area contributed by atoms with Gasteiger partial charge in [-0.3, -0.25) is 0 Å². The lowest BCUT2D eigenvalue weighted by molar-refractivity contribution is 0.466. The fourth-order valence-electron chi connectivity index (χ4n) is 1.86. The summed E-state index contributed by atoms with van der Waals surface area (Å²) in [6.45, 7) is 2.07. The molecule has 0 saturated heterocycles. The zero-order valence-electron chi connectivity index (χ0n) is 11.4. The van der Waals surface area contributed by atoms with E-state index in [1.54, 1.807) is 12.1 Å². The van der Waals surface area contributed by atoms with Crippen LogP contribution in [-0.2, 0) is 0 Å². The molecule has 20 heavy (non-hydrogen) atoms. The Bertz CT molecular complexity index is 649. The molecule has 0 bridgehead atoms. The van der Waals surface area contributed by atoms with Gasteiger partial charge < -0.3 is 10.1 Å². The summed E-state index contributed by atoms with van der Waals surface area (Å²) in [7, 11) is 1.91. The molecular formula is C16H15BrN2O. The van der Waals surface area contributed by atoms with Crippen molar-refractivity contribution in [1.29, 1.82) is 5.26 Å². The minimum atomic E-state index is 0.168. The third-order valence-electron chi connectivity index (χ3n) is 3.06. The molecule has 4 heteroatoms.